The molecule has 0 N–H and O–H groups in total. The van der Waals surface area contributed by atoms with Crippen LogP contribution in [0.1, 0.15) is 12.8 Å². The monoisotopic (exact) mass is 646 g/mol. The van der Waals surface area contributed by atoms with Crippen molar-refractivity contribution < 1.29 is 110 Å². The fraction of sp³-hybridized carbons (Fsp3) is 1.00. The van der Waals surface area contributed by atoms with Gasteiger partial charge in [0.25, 0.3) is 0 Å². The molecule has 0 aliphatic heterocycles. The summed E-state index contributed by atoms with van der Waals surface area (Å²) in [6.07, 6.45) is -49.4. The summed E-state index contributed by atoms with van der Waals surface area (Å²) in [7, 11) is 0. The molecule has 0 amide bonds. The van der Waals surface area contributed by atoms with Gasteiger partial charge in [-0.1, -0.05) is 0 Å². The SMILES string of the molecule is FC(CC(F)(F)F)C(F)(F)C(F)(F)C(F)(OC(F)(C(F)(F)F)C(F)(F)C(F)(F)C(F)CC(F)(F)F)C(F)(F)F. The third-order valence-corrected chi connectivity index (χ3v) is 4.26. The molecule has 0 radical (unpaired) electrons. The Kier molecular flexibility index (Phi) is 9.54. The van der Waals surface area contributed by atoms with Crippen molar-refractivity contribution in [2.24, 2.45) is 0 Å². The van der Waals surface area contributed by atoms with Crippen LogP contribution in [0.4, 0.5) is 105 Å². The molecule has 0 saturated heterocycles. The van der Waals surface area contributed by atoms with Crippen molar-refractivity contribution in [2.45, 2.75) is 85.3 Å². The zero-order valence-electron chi connectivity index (χ0n) is 17.0. The number of halogens is 24. The Morgan fingerprint density at radius 1 is 0.385 bits per heavy atom. The van der Waals surface area contributed by atoms with Crippen LogP contribution < -0.4 is 0 Å². The fourth-order valence-corrected chi connectivity index (χ4v) is 2.28. The van der Waals surface area contributed by atoms with E-state index in [4.69, 9.17) is 0 Å². The molecular formula is C14H6F24O. The van der Waals surface area contributed by atoms with Crippen molar-refractivity contribution in [1.29, 1.82) is 0 Å². The molecule has 4 atom stereocenters. The average molecular weight is 646 g/mol. The standard InChI is InChI=1S/C14H6F24O/c15-3(1-5(17,18)19)7(23,24)9(27,28)11(31,13(33,34)35)39-12(32,14(36,37)38)10(29,30)8(25,26)4(16)2-6(20,21)22/h3-4H,1-2H2. The highest BCUT2D eigenvalue weighted by Crippen LogP contribution is 2.62. The van der Waals surface area contributed by atoms with Gasteiger partial charge in [0, 0.05) is 0 Å². The van der Waals surface area contributed by atoms with Gasteiger partial charge < -0.3 is 0 Å². The van der Waals surface area contributed by atoms with Gasteiger partial charge in [-0.25, -0.2) is 8.78 Å². The molecule has 1 nitrogen and oxygen atoms in total. The lowest BCUT2D eigenvalue weighted by atomic mass is 9.93. The maximum Gasteiger partial charge on any atom is 0.455 e. The van der Waals surface area contributed by atoms with E-state index in [0.29, 0.717) is 0 Å². The lowest BCUT2D eigenvalue weighted by molar-refractivity contribution is -0.528. The van der Waals surface area contributed by atoms with E-state index in [9.17, 15) is 105 Å². The number of alkyl halides is 24. The van der Waals surface area contributed by atoms with E-state index < -0.39 is 85.3 Å². The van der Waals surface area contributed by atoms with Crippen LogP contribution in [0.5, 0.6) is 0 Å². The van der Waals surface area contributed by atoms with E-state index in [1.54, 1.807) is 0 Å². The van der Waals surface area contributed by atoms with Gasteiger partial charge in [-0.05, 0) is 0 Å². The summed E-state index contributed by atoms with van der Waals surface area (Å²) < 4.78 is 314. The van der Waals surface area contributed by atoms with Crippen LogP contribution in [0, 0.1) is 0 Å². The van der Waals surface area contributed by atoms with E-state index in [1.165, 1.54) is 0 Å². The smallest absolute Gasteiger partial charge is 0.284 e. The van der Waals surface area contributed by atoms with Crippen molar-refractivity contribution >= 4 is 0 Å². The first kappa shape index (κ1) is 37.3. The van der Waals surface area contributed by atoms with Crippen LogP contribution in [-0.2, 0) is 4.74 Å². The van der Waals surface area contributed by atoms with Crippen LogP contribution in [-0.4, -0.2) is 72.4 Å². The number of hydrogen-bond acceptors (Lipinski definition) is 1. The number of hydrogen-bond donors (Lipinski definition) is 0. The highest BCUT2D eigenvalue weighted by molar-refractivity contribution is 5.10. The topological polar surface area (TPSA) is 9.23 Å². The Labute approximate surface area is 197 Å². The minimum Gasteiger partial charge on any atom is -0.284 e. The summed E-state index contributed by atoms with van der Waals surface area (Å²) in [5, 5.41) is 0. The molecule has 0 aliphatic rings. The molecule has 0 saturated carbocycles. The minimum absolute atomic E-state index is 1.08. The molecule has 0 fully saturated rings. The molecule has 236 valence electrons. The highest BCUT2D eigenvalue weighted by atomic mass is 19.4. The average Bonchev–Trinajstić information content (AvgIpc) is 2.62. The van der Waals surface area contributed by atoms with Gasteiger partial charge in [0.05, 0.1) is 12.8 Å². The maximum atomic E-state index is 14.2. The van der Waals surface area contributed by atoms with Crippen molar-refractivity contribution in [2.75, 3.05) is 0 Å². The van der Waals surface area contributed by atoms with Crippen molar-refractivity contribution in [1.82, 2.24) is 0 Å². The zero-order valence-corrected chi connectivity index (χ0v) is 17.0. The second-order valence-electron chi connectivity index (χ2n) is 7.26. The second-order valence-corrected chi connectivity index (χ2v) is 7.26. The summed E-state index contributed by atoms with van der Waals surface area (Å²) in [5.41, 5.74) is 0. The molecule has 4 unspecified atom stereocenters. The Balaban J connectivity index is 7.32. The van der Waals surface area contributed by atoms with Crippen LogP contribution >= 0.6 is 0 Å². The van der Waals surface area contributed by atoms with Gasteiger partial charge in [-0.3, -0.25) is 4.74 Å². The summed E-state index contributed by atoms with van der Waals surface area (Å²) in [6.45, 7) is 0. The van der Waals surface area contributed by atoms with Crippen LogP contribution in [0.25, 0.3) is 0 Å². The largest absolute Gasteiger partial charge is 0.455 e. The minimum atomic E-state index is -8.83. The van der Waals surface area contributed by atoms with Crippen LogP contribution in [0.2, 0.25) is 0 Å². The normalized spacial score (nSPS) is 20.3. The molecular weight excluding hydrogens is 640 g/mol. The Morgan fingerprint density at radius 3 is 0.744 bits per heavy atom. The Bertz CT molecular complexity index is 764. The molecule has 25 heteroatoms. The summed E-state index contributed by atoms with van der Waals surface area (Å²) in [6, 6.07) is 0. The van der Waals surface area contributed by atoms with E-state index in [-0.39, 0.29) is 0 Å². The van der Waals surface area contributed by atoms with Crippen molar-refractivity contribution in [3.05, 3.63) is 0 Å². The molecule has 0 bridgehead atoms. The van der Waals surface area contributed by atoms with E-state index in [0.717, 1.165) is 4.74 Å². The first-order valence-corrected chi connectivity index (χ1v) is 8.60. The lowest BCUT2D eigenvalue weighted by Crippen LogP contribution is -2.75. The molecule has 0 spiro atoms. The van der Waals surface area contributed by atoms with E-state index in [1.807, 2.05) is 0 Å². The summed E-state index contributed by atoms with van der Waals surface area (Å²) in [5.74, 6) is -51.0. The maximum absolute atomic E-state index is 14.2. The quantitative estimate of drug-likeness (QED) is 0.216. The van der Waals surface area contributed by atoms with Gasteiger partial charge in [0.2, 0.25) is 0 Å². The van der Waals surface area contributed by atoms with Crippen molar-refractivity contribution in [3.8, 4) is 0 Å². The molecule has 0 heterocycles. The van der Waals surface area contributed by atoms with Crippen LogP contribution in [0.15, 0.2) is 0 Å². The fourth-order valence-electron chi connectivity index (χ4n) is 2.28. The van der Waals surface area contributed by atoms with Gasteiger partial charge in [0.15, 0.2) is 12.3 Å². The van der Waals surface area contributed by atoms with Gasteiger partial charge >= 0.3 is 60.1 Å². The zero-order chi connectivity index (χ0) is 32.3. The van der Waals surface area contributed by atoms with E-state index >= 15 is 0 Å². The molecule has 0 aromatic rings. The first-order valence-electron chi connectivity index (χ1n) is 8.60. The predicted molar refractivity (Wildman–Crippen MR) is 71.8 cm³/mol. The number of rotatable bonds is 10. The van der Waals surface area contributed by atoms with Crippen LogP contribution in [0.3, 0.4) is 0 Å². The second kappa shape index (κ2) is 9.98. The third-order valence-electron chi connectivity index (χ3n) is 4.26. The van der Waals surface area contributed by atoms with E-state index in [2.05, 4.69) is 0 Å². The van der Waals surface area contributed by atoms with Gasteiger partial charge in [-0.15, -0.1) is 0 Å². The Morgan fingerprint density at radius 2 is 0.590 bits per heavy atom. The van der Waals surface area contributed by atoms with Crippen molar-refractivity contribution in [3.63, 3.8) is 0 Å². The summed E-state index contributed by atoms with van der Waals surface area (Å²) in [4.78, 5) is 0. The molecule has 0 rings (SSSR count). The Hall–Kier alpha value is -1.72. The van der Waals surface area contributed by atoms with Gasteiger partial charge in [-0.2, -0.15) is 96.6 Å². The third kappa shape index (κ3) is 6.62. The summed E-state index contributed by atoms with van der Waals surface area (Å²) >= 11 is 0. The first-order chi connectivity index (χ1) is 16.5. The molecule has 0 aromatic carbocycles. The molecule has 0 aromatic heterocycles. The van der Waals surface area contributed by atoms with Gasteiger partial charge in [0.1, 0.15) is 0 Å². The highest BCUT2D eigenvalue weighted by Gasteiger charge is 2.91. The molecule has 0 aliphatic carbocycles. The number of ether oxygens (including phenoxy) is 1. The molecule has 39 heavy (non-hydrogen) atoms. The predicted octanol–water partition coefficient (Wildman–Crippen LogP) is 8.58. The lowest BCUT2D eigenvalue weighted by Gasteiger charge is -2.45.